The van der Waals surface area contributed by atoms with E-state index in [-0.39, 0.29) is 0 Å². The summed E-state index contributed by atoms with van der Waals surface area (Å²) in [6, 6.07) is 4.54. The molecule has 1 N–H and O–H groups in total. The van der Waals surface area contributed by atoms with Crippen LogP contribution in [0, 0.1) is 0 Å². The Morgan fingerprint density at radius 2 is 2.24 bits per heavy atom. The van der Waals surface area contributed by atoms with Gasteiger partial charge in [-0.15, -0.1) is 0 Å². The van der Waals surface area contributed by atoms with E-state index in [2.05, 4.69) is 22.1 Å². The van der Waals surface area contributed by atoms with Crippen molar-refractivity contribution in [3.05, 3.63) is 18.3 Å². The summed E-state index contributed by atoms with van der Waals surface area (Å²) in [7, 11) is 1.70. The van der Waals surface area contributed by atoms with Crippen molar-refractivity contribution in [2.24, 2.45) is 0 Å². The summed E-state index contributed by atoms with van der Waals surface area (Å²) in [5.74, 6) is 1.85. The second-order valence-corrected chi connectivity index (χ2v) is 4.35. The van der Waals surface area contributed by atoms with Crippen molar-refractivity contribution in [3.8, 4) is 5.75 Å². The van der Waals surface area contributed by atoms with E-state index in [4.69, 9.17) is 4.74 Å². The molecule has 4 nitrogen and oxygen atoms in total. The molecule has 94 valence electrons. The van der Waals surface area contributed by atoms with Gasteiger partial charge >= 0.3 is 0 Å². The van der Waals surface area contributed by atoms with E-state index in [0.29, 0.717) is 6.04 Å². The number of rotatable bonds is 4. The molecule has 1 aliphatic heterocycles. The molecule has 1 aromatic heterocycles. The molecule has 17 heavy (non-hydrogen) atoms. The number of nitrogens with zero attached hydrogens (tertiary/aromatic N) is 2. The minimum absolute atomic E-state index is 0.658. The minimum atomic E-state index is 0.658. The highest BCUT2D eigenvalue weighted by molar-refractivity contribution is 5.52. The van der Waals surface area contributed by atoms with Crippen LogP contribution in [-0.4, -0.2) is 37.8 Å². The SMILES string of the molecule is CCNC1CCN(c2ncccc2OC)CC1. The number of pyridine rings is 1. The van der Waals surface area contributed by atoms with Crippen molar-refractivity contribution in [2.45, 2.75) is 25.8 Å². The lowest BCUT2D eigenvalue weighted by Gasteiger charge is -2.33. The van der Waals surface area contributed by atoms with Gasteiger partial charge in [0, 0.05) is 25.3 Å². The lowest BCUT2D eigenvalue weighted by molar-refractivity contribution is 0.398. The van der Waals surface area contributed by atoms with Gasteiger partial charge in [0.25, 0.3) is 0 Å². The largest absolute Gasteiger partial charge is 0.493 e. The van der Waals surface area contributed by atoms with E-state index in [1.807, 2.05) is 18.3 Å². The van der Waals surface area contributed by atoms with Crippen LogP contribution in [-0.2, 0) is 0 Å². The van der Waals surface area contributed by atoms with Gasteiger partial charge in [-0.3, -0.25) is 0 Å². The van der Waals surface area contributed by atoms with Gasteiger partial charge in [0.2, 0.25) is 0 Å². The van der Waals surface area contributed by atoms with E-state index in [1.165, 1.54) is 12.8 Å². The third kappa shape index (κ3) is 2.88. The minimum Gasteiger partial charge on any atom is -0.493 e. The van der Waals surface area contributed by atoms with Crippen LogP contribution in [0.2, 0.25) is 0 Å². The van der Waals surface area contributed by atoms with Gasteiger partial charge in [-0.1, -0.05) is 6.92 Å². The Balaban J connectivity index is 2.00. The quantitative estimate of drug-likeness (QED) is 0.861. The second-order valence-electron chi connectivity index (χ2n) is 4.35. The maximum Gasteiger partial charge on any atom is 0.171 e. The standard InChI is InChI=1S/C13H21N3O/c1-3-14-11-6-9-16(10-7-11)13-12(17-2)5-4-8-15-13/h4-5,8,11,14H,3,6-7,9-10H2,1-2H3. The van der Waals surface area contributed by atoms with Crippen molar-refractivity contribution < 1.29 is 4.74 Å². The van der Waals surface area contributed by atoms with Crippen molar-refractivity contribution in [1.82, 2.24) is 10.3 Å². The Kier molecular flexibility index (Phi) is 4.20. The van der Waals surface area contributed by atoms with Crippen LogP contribution in [0.3, 0.4) is 0 Å². The lowest BCUT2D eigenvalue weighted by Crippen LogP contribution is -2.42. The molecule has 0 amide bonds. The molecule has 0 bridgehead atoms. The Hall–Kier alpha value is -1.29. The third-order valence-corrected chi connectivity index (χ3v) is 3.26. The fourth-order valence-electron chi connectivity index (χ4n) is 2.36. The highest BCUT2D eigenvalue weighted by atomic mass is 16.5. The monoisotopic (exact) mass is 235 g/mol. The average Bonchev–Trinajstić information content (AvgIpc) is 2.40. The van der Waals surface area contributed by atoms with Gasteiger partial charge in [0.05, 0.1) is 7.11 Å². The summed E-state index contributed by atoms with van der Waals surface area (Å²) in [4.78, 5) is 6.74. The average molecular weight is 235 g/mol. The smallest absolute Gasteiger partial charge is 0.171 e. The van der Waals surface area contributed by atoms with Gasteiger partial charge < -0.3 is 15.0 Å². The molecular weight excluding hydrogens is 214 g/mol. The predicted molar refractivity (Wildman–Crippen MR) is 69.7 cm³/mol. The first kappa shape index (κ1) is 12.2. The molecule has 1 saturated heterocycles. The van der Waals surface area contributed by atoms with E-state index < -0.39 is 0 Å². The number of methoxy groups -OCH3 is 1. The van der Waals surface area contributed by atoms with Crippen LogP contribution in [0.15, 0.2) is 18.3 Å². The highest BCUT2D eigenvalue weighted by Gasteiger charge is 2.21. The van der Waals surface area contributed by atoms with E-state index in [0.717, 1.165) is 31.2 Å². The lowest BCUT2D eigenvalue weighted by atomic mass is 10.1. The molecule has 0 saturated carbocycles. The maximum absolute atomic E-state index is 5.35. The molecule has 2 rings (SSSR count). The molecule has 1 aliphatic rings. The van der Waals surface area contributed by atoms with E-state index >= 15 is 0 Å². The Bertz CT molecular complexity index is 348. The van der Waals surface area contributed by atoms with Crippen molar-refractivity contribution in [2.75, 3.05) is 31.6 Å². The number of hydrogen-bond acceptors (Lipinski definition) is 4. The zero-order valence-corrected chi connectivity index (χ0v) is 10.6. The first-order valence-corrected chi connectivity index (χ1v) is 6.32. The van der Waals surface area contributed by atoms with Crippen LogP contribution < -0.4 is 15.0 Å². The number of nitrogens with one attached hydrogen (secondary N) is 1. The van der Waals surface area contributed by atoms with Gasteiger partial charge in [0.15, 0.2) is 11.6 Å². The summed E-state index contributed by atoms with van der Waals surface area (Å²) in [5, 5.41) is 3.51. The fraction of sp³-hybridized carbons (Fsp3) is 0.615. The highest BCUT2D eigenvalue weighted by Crippen LogP contribution is 2.27. The van der Waals surface area contributed by atoms with Crippen LogP contribution in [0.4, 0.5) is 5.82 Å². The first-order valence-electron chi connectivity index (χ1n) is 6.32. The maximum atomic E-state index is 5.35. The van der Waals surface area contributed by atoms with Gasteiger partial charge in [-0.25, -0.2) is 4.98 Å². The predicted octanol–water partition coefficient (Wildman–Crippen LogP) is 1.67. The summed E-state index contributed by atoms with van der Waals surface area (Å²) < 4.78 is 5.35. The molecule has 0 unspecified atom stereocenters. The zero-order valence-electron chi connectivity index (χ0n) is 10.6. The van der Waals surface area contributed by atoms with Crippen LogP contribution in [0.5, 0.6) is 5.75 Å². The molecular formula is C13H21N3O. The number of piperidine rings is 1. The summed E-state index contributed by atoms with van der Waals surface area (Å²) in [6.45, 7) is 5.31. The van der Waals surface area contributed by atoms with Crippen LogP contribution in [0.25, 0.3) is 0 Å². The Labute approximate surface area is 103 Å². The van der Waals surface area contributed by atoms with Crippen LogP contribution >= 0.6 is 0 Å². The summed E-state index contributed by atoms with van der Waals surface area (Å²) in [6.07, 6.45) is 4.18. The summed E-state index contributed by atoms with van der Waals surface area (Å²) >= 11 is 0. The molecule has 0 radical (unpaired) electrons. The molecule has 4 heteroatoms. The number of aromatic nitrogens is 1. The molecule has 2 heterocycles. The molecule has 0 aliphatic carbocycles. The van der Waals surface area contributed by atoms with Crippen molar-refractivity contribution >= 4 is 5.82 Å². The topological polar surface area (TPSA) is 37.4 Å². The number of ether oxygens (including phenoxy) is 1. The van der Waals surface area contributed by atoms with Crippen LogP contribution in [0.1, 0.15) is 19.8 Å². The van der Waals surface area contributed by atoms with Crippen molar-refractivity contribution in [1.29, 1.82) is 0 Å². The Morgan fingerprint density at radius 3 is 2.88 bits per heavy atom. The van der Waals surface area contributed by atoms with Gasteiger partial charge in [0.1, 0.15) is 0 Å². The molecule has 0 atom stereocenters. The first-order chi connectivity index (χ1) is 8.35. The van der Waals surface area contributed by atoms with E-state index in [1.54, 1.807) is 7.11 Å². The summed E-state index contributed by atoms with van der Waals surface area (Å²) in [5.41, 5.74) is 0. The normalized spacial score (nSPS) is 17.2. The number of hydrogen-bond donors (Lipinski definition) is 1. The molecule has 1 aromatic rings. The van der Waals surface area contributed by atoms with Gasteiger partial charge in [-0.05, 0) is 31.5 Å². The van der Waals surface area contributed by atoms with Crippen molar-refractivity contribution in [3.63, 3.8) is 0 Å². The number of anilines is 1. The van der Waals surface area contributed by atoms with Gasteiger partial charge in [-0.2, -0.15) is 0 Å². The second kappa shape index (κ2) is 5.87. The van der Waals surface area contributed by atoms with E-state index in [9.17, 15) is 0 Å². The molecule has 1 fully saturated rings. The zero-order chi connectivity index (χ0) is 12.1. The Morgan fingerprint density at radius 1 is 1.47 bits per heavy atom. The molecule has 0 aromatic carbocycles. The fourth-order valence-corrected chi connectivity index (χ4v) is 2.36. The molecule has 0 spiro atoms. The third-order valence-electron chi connectivity index (χ3n) is 3.26.